The van der Waals surface area contributed by atoms with E-state index < -0.39 is 0 Å². The summed E-state index contributed by atoms with van der Waals surface area (Å²) in [5.74, 6) is 3.21. The molecule has 4 aliphatic rings. The van der Waals surface area contributed by atoms with E-state index >= 15 is 0 Å². The lowest BCUT2D eigenvalue weighted by molar-refractivity contribution is 0.0133. The molecule has 2 aliphatic carbocycles. The van der Waals surface area contributed by atoms with Gasteiger partial charge in [-0.05, 0) is 151 Å². The van der Waals surface area contributed by atoms with Crippen molar-refractivity contribution in [2.45, 2.75) is 102 Å². The number of nitrogens with one attached hydrogen (secondary N) is 3. The van der Waals surface area contributed by atoms with Gasteiger partial charge in [-0.3, -0.25) is 0 Å². The van der Waals surface area contributed by atoms with Gasteiger partial charge in [0.25, 0.3) is 0 Å². The number of fused-ring (bicyclic) bond motifs is 5. The van der Waals surface area contributed by atoms with Crippen LogP contribution in [0.3, 0.4) is 0 Å². The second-order valence-electron chi connectivity index (χ2n) is 12.4. The average Bonchev–Trinajstić information content (AvgIpc) is 3.21. The molecule has 0 aromatic rings. The summed E-state index contributed by atoms with van der Waals surface area (Å²) in [5.41, 5.74) is 6.23. The van der Waals surface area contributed by atoms with Gasteiger partial charge in [-0.1, -0.05) is 28.2 Å². The van der Waals surface area contributed by atoms with Crippen molar-refractivity contribution < 1.29 is 0 Å². The minimum absolute atomic E-state index is 0.223. The van der Waals surface area contributed by atoms with Gasteiger partial charge in [-0.25, -0.2) is 0 Å². The predicted octanol–water partition coefficient (Wildman–Crippen LogP) is 4.91. The van der Waals surface area contributed by atoms with E-state index in [1.54, 1.807) is 25.4 Å². The molecule has 0 aromatic heterocycles. The Morgan fingerprint density at radius 1 is 0.788 bits per heavy atom. The van der Waals surface area contributed by atoms with Crippen LogP contribution in [0.25, 0.3) is 0 Å². The van der Waals surface area contributed by atoms with E-state index in [4.69, 9.17) is 5.73 Å². The molecule has 2 aliphatic heterocycles. The van der Waals surface area contributed by atoms with Gasteiger partial charge >= 0.3 is 0 Å². The fourth-order valence-corrected chi connectivity index (χ4v) is 12.2. The SMILES string of the molecule is CC12CCCC1C1CCP3CC(NCCCNCCCCNCCCN)CCC3(C)C1CC2. The van der Waals surface area contributed by atoms with Crippen LogP contribution in [0, 0.1) is 23.2 Å². The van der Waals surface area contributed by atoms with Gasteiger partial charge in [0.15, 0.2) is 0 Å². The summed E-state index contributed by atoms with van der Waals surface area (Å²) in [6.07, 6.45) is 20.2. The van der Waals surface area contributed by atoms with Crippen molar-refractivity contribution >= 4 is 7.92 Å². The second kappa shape index (κ2) is 12.5. The number of hydrogen-bond acceptors (Lipinski definition) is 4. The summed E-state index contributed by atoms with van der Waals surface area (Å²) in [7, 11) is 0.223. The highest BCUT2D eigenvalue weighted by molar-refractivity contribution is 7.59. The molecule has 4 rings (SSSR count). The van der Waals surface area contributed by atoms with Crippen LogP contribution in [-0.4, -0.2) is 62.8 Å². The monoisotopic (exact) mass is 478 g/mol. The van der Waals surface area contributed by atoms with Crippen molar-refractivity contribution in [1.29, 1.82) is 0 Å². The Hall–Kier alpha value is 0.270. The standard InChI is InChI=1S/C28H55N4P/c1-27-12-5-8-25(27)24-11-21-33-22-23(9-14-28(33,2)26(24)10-13-27)32-20-7-19-31-17-4-3-16-30-18-6-15-29/h23-26,30-32H,3-22,29H2,1-2H3. The summed E-state index contributed by atoms with van der Waals surface area (Å²) in [6, 6.07) is 0.806. The Morgan fingerprint density at radius 2 is 1.55 bits per heavy atom. The fourth-order valence-electron chi connectivity index (χ4n) is 8.38. The van der Waals surface area contributed by atoms with Crippen molar-refractivity contribution in [2.24, 2.45) is 28.9 Å². The molecule has 5 N–H and O–H groups in total. The molecule has 4 fully saturated rings. The Labute approximate surface area is 206 Å². The minimum atomic E-state index is 0.223. The summed E-state index contributed by atoms with van der Waals surface area (Å²) in [5, 5.41) is 11.8. The molecule has 2 saturated heterocycles. The maximum atomic E-state index is 5.52. The van der Waals surface area contributed by atoms with Gasteiger partial charge in [0, 0.05) is 6.04 Å². The first-order valence-electron chi connectivity index (χ1n) is 14.7. The van der Waals surface area contributed by atoms with Crippen molar-refractivity contribution in [1.82, 2.24) is 16.0 Å². The van der Waals surface area contributed by atoms with Crippen molar-refractivity contribution in [3.05, 3.63) is 0 Å². The van der Waals surface area contributed by atoms with Gasteiger partial charge in [0.2, 0.25) is 0 Å². The molecule has 0 aromatic carbocycles. The van der Waals surface area contributed by atoms with Crippen molar-refractivity contribution in [3.63, 3.8) is 0 Å². The maximum Gasteiger partial charge on any atom is 0.0107 e. The first-order chi connectivity index (χ1) is 16.1. The molecule has 0 bridgehead atoms. The van der Waals surface area contributed by atoms with E-state index in [0.29, 0.717) is 10.6 Å². The third-order valence-corrected chi connectivity index (χ3v) is 14.1. The van der Waals surface area contributed by atoms with Gasteiger partial charge in [0.05, 0.1) is 0 Å². The number of unbranched alkanes of at least 4 members (excludes halogenated alkanes) is 1. The maximum absolute atomic E-state index is 5.52. The lowest BCUT2D eigenvalue weighted by Gasteiger charge is -2.61. The molecular weight excluding hydrogens is 423 g/mol. The predicted molar refractivity (Wildman–Crippen MR) is 146 cm³/mol. The Morgan fingerprint density at radius 3 is 2.33 bits per heavy atom. The third kappa shape index (κ3) is 6.34. The number of rotatable bonds is 13. The highest BCUT2D eigenvalue weighted by Gasteiger charge is 2.57. The summed E-state index contributed by atoms with van der Waals surface area (Å²) >= 11 is 0. The quantitative estimate of drug-likeness (QED) is 0.224. The molecule has 2 heterocycles. The van der Waals surface area contributed by atoms with Crippen LogP contribution in [0.4, 0.5) is 0 Å². The number of nitrogens with two attached hydrogens (primary N) is 1. The molecule has 5 heteroatoms. The average molecular weight is 479 g/mol. The zero-order chi connectivity index (χ0) is 23.2. The molecule has 4 nitrogen and oxygen atoms in total. The van der Waals surface area contributed by atoms with E-state index in [0.717, 1.165) is 62.9 Å². The van der Waals surface area contributed by atoms with Crippen LogP contribution >= 0.6 is 7.92 Å². The van der Waals surface area contributed by atoms with Crippen molar-refractivity contribution in [2.75, 3.05) is 51.6 Å². The minimum Gasteiger partial charge on any atom is -0.330 e. The first kappa shape index (κ1) is 26.3. The zero-order valence-electron chi connectivity index (χ0n) is 22.0. The molecule has 7 unspecified atom stereocenters. The number of hydrogen-bond donors (Lipinski definition) is 4. The van der Waals surface area contributed by atoms with E-state index in [1.165, 1.54) is 64.1 Å². The molecule has 0 amide bonds. The molecule has 7 atom stereocenters. The van der Waals surface area contributed by atoms with Gasteiger partial charge in [-0.2, -0.15) is 0 Å². The second-order valence-corrected chi connectivity index (χ2v) is 15.4. The lowest BCUT2D eigenvalue weighted by atomic mass is 9.56. The van der Waals surface area contributed by atoms with Crippen LogP contribution in [0.2, 0.25) is 0 Å². The van der Waals surface area contributed by atoms with E-state index in [9.17, 15) is 0 Å². The van der Waals surface area contributed by atoms with E-state index in [2.05, 4.69) is 29.8 Å². The van der Waals surface area contributed by atoms with Crippen LogP contribution in [0.1, 0.15) is 90.9 Å². The largest absolute Gasteiger partial charge is 0.330 e. The van der Waals surface area contributed by atoms with Crippen LogP contribution in [0.15, 0.2) is 0 Å². The van der Waals surface area contributed by atoms with Crippen LogP contribution in [0.5, 0.6) is 0 Å². The van der Waals surface area contributed by atoms with Gasteiger partial charge in [0.1, 0.15) is 0 Å². The fraction of sp³-hybridized carbons (Fsp3) is 1.00. The highest BCUT2D eigenvalue weighted by atomic mass is 31.1. The molecule has 33 heavy (non-hydrogen) atoms. The molecule has 0 spiro atoms. The normalized spacial score (nSPS) is 40.3. The first-order valence-corrected chi connectivity index (χ1v) is 16.4. The lowest BCUT2D eigenvalue weighted by Crippen LogP contribution is -2.54. The molecule has 0 radical (unpaired) electrons. The topological polar surface area (TPSA) is 62.1 Å². The van der Waals surface area contributed by atoms with Crippen LogP contribution < -0.4 is 21.7 Å². The Kier molecular flexibility index (Phi) is 9.97. The summed E-state index contributed by atoms with van der Waals surface area (Å²) in [4.78, 5) is 0. The Bertz CT molecular complexity index is 588. The summed E-state index contributed by atoms with van der Waals surface area (Å²) < 4.78 is 0. The van der Waals surface area contributed by atoms with E-state index in [1.807, 2.05) is 0 Å². The van der Waals surface area contributed by atoms with Crippen LogP contribution in [-0.2, 0) is 0 Å². The molecule has 2 saturated carbocycles. The Balaban J connectivity index is 1.09. The third-order valence-electron chi connectivity index (χ3n) is 10.4. The molecular formula is C28H55N4P. The van der Waals surface area contributed by atoms with Gasteiger partial charge < -0.3 is 21.7 Å². The smallest absolute Gasteiger partial charge is 0.0107 e. The summed E-state index contributed by atoms with van der Waals surface area (Å²) in [6.45, 7) is 11.9. The van der Waals surface area contributed by atoms with Crippen molar-refractivity contribution in [3.8, 4) is 0 Å². The van der Waals surface area contributed by atoms with Gasteiger partial charge in [-0.15, -0.1) is 0 Å². The zero-order valence-corrected chi connectivity index (χ0v) is 22.9. The van der Waals surface area contributed by atoms with E-state index in [-0.39, 0.29) is 7.92 Å². The highest BCUT2D eigenvalue weighted by Crippen LogP contribution is 2.70. The molecule has 192 valence electrons.